The third kappa shape index (κ3) is 7.37. The lowest BCUT2D eigenvalue weighted by molar-refractivity contribution is -0.155. The number of rotatable bonds is 8. The number of hydrogen-bond donors (Lipinski definition) is 3. The Morgan fingerprint density at radius 3 is 2.64 bits per heavy atom. The van der Waals surface area contributed by atoms with E-state index in [0.29, 0.717) is 17.2 Å². The molecule has 8 nitrogen and oxygen atoms in total. The Hall–Kier alpha value is -1.71. The molecule has 0 aromatic carbocycles. The highest BCUT2D eigenvalue weighted by atomic mass is 35.5. The Labute approximate surface area is 159 Å². The fourth-order valence-electron chi connectivity index (χ4n) is 1.69. The highest BCUT2D eigenvalue weighted by Crippen LogP contribution is 2.22. The van der Waals surface area contributed by atoms with Crippen molar-refractivity contribution in [2.24, 2.45) is 5.73 Å². The smallest absolute Gasteiger partial charge is 0.329 e. The Bertz CT molecular complexity index is 647. The second-order valence-electron chi connectivity index (χ2n) is 4.89. The van der Waals surface area contributed by atoms with Gasteiger partial charge in [0.2, 0.25) is 0 Å². The standard InChI is InChI=1S/C14H18Cl2N4O4S/c1-7(12(21)20-11-9(16)5-8(15)6-18-11)24-13(22)10(3-4-25-2)19-14(17)23/h5-7,10H,3-4H2,1-2H3,(H3,17,19,23)(H,18,20,21)/t7-,10+/m1/s1. The number of nitrogens with one attached hydrogen (secondary N) is 2. The number of anilines is 1. The zero-order valence-corrected chi connectivity index (χ0v) is 15.9. The molecule has 25 heavy (non-hydrogen) atoms. The van der Waals surface area contributed by atoms with E-state index in [2.05, 4.69) is 15.6 Å². The summed E-state index contributed by atoms with van der Waals surface area (Å²) in [5.41, 5.74) is 5.05. The first-order chi connectivity index (χ1) is 11.7. The summed E-state index contributed by atoms with van der Waals surface area (Å²) in [5.74, 6) is -0.697. The largest absolute Gasteiger partial charge is 0.451 e. The summed E-state index contributed by atoms with van der Waals surface area (Å²) in [6.07, 6.45) is 2.36. The summed E-state index contributed by atoms with van der Waals surface area (Å²) in [6, 6.07) is -0.368. The number of amides is 3. The SMILES string of the molecule is CSCC[C@H](NC(N)=O)C(=O)O[C@H](C)C(=O)Nc1ncc(Cl)cc1Cl. The van der Waals surface area contributed by atoms with Gasteiger partial charge in [-0.05, 0) is 31.4 Å². The number of carbonyl (C=O) groups excluding carboxylic acids is 3. The van der Waals surface area contributed by atoms with E-state index in [9.17, 15) is 14.4 Å². The van der Waals surface area contributed by atoms with Crippen molar-refractivity contribution in [3.05, 3.63) is 22.3 Å². The normalized spacial score (nSPS) is 12.8. The molecule has 0 bridgehead atoms. The van der Waals surface area contributed by atoms with E-state index in [1.54, 1.807) is 0 Å². The molecule has 0 spiro atoms. The van der Waals surface area contributed by atoms with Crippen molar-refractivity contribution >= 4 is 58.7 Å². The maximum atomic E-state index is 12.1. The molecule has 138 valence electrons. The van der Waals surface area contributed by atoms with Crippen LogP contribution in [0.25, 0.3) is 0 Å². The van der Waals surface area contributed by atoms with Crippen LogP contribution in [0.2, 0.25) is 10.0 Å². The second kappa shape index (κ2) is 10.3. The van der Waals surface area contributed by atoms with E-state index >= 15 is 0 Å². The van der Waals surface area contributed by atoms with Gasteiger partial charge in [-0.2, -0.15) is 11.8 Å². The topological polar surface area (TPSA) is 123 Å². The zero-order chi connectivity index (χ0) is 19.0. The first kappa shape index (κ1) is 21.3. The van der Waals surface area contributed by atoms with E-state index in [0.717, 1.165) is 0 Å². The summed E-state index contributed by atoms with van der Waals surface area (Å²) >= 11 is 13.1. The van der Waals surface area contributed by atoms with Crippen molar-refractivity contribution < 1.29 is 19.1 Å². The number of halogens is 2. The van der Waals surface area contributed by atoms with Crippen LogP contribution in [0.5, 0.6) is 0 Å². The lowest BCUT2D eigenvalue weighted by atomic mass is 10.2. The van der Waals surface area contributed by atoms with Gasteiger partial charge in [0.1, 0.15) is 6.04 Å². The number of primary amides is 1. The maximum absolute atomic E-state index is 12.1. The molecule has 0 fully saturated rings. The molecule has 0 unspecified atom stereocenters. The minimum absolute atomic E-state index is 0.0909. The van der Waals surface area contributed by atoms with Gasteiger partial charge in [-0.3, -0.25) is 4.79 Å². The third-order valence-electron chi connectivity index (χ3n) is 2.92. The molecule has 0 aliphatic rings. The lowest BCUT2D eigenvalue weighted by Gasteiger charge is -2.19. The van der Waals surface area contributed by atoms with Gasteiger partial charge in [0.25, 0.3) is 5.91 Å². The van der Waals surface area contributed by atoms with Gasteiger partial charge in [-0.25, -0.2) is 14.6 Å². The molecule has 0 aliphatic carbocycles. The first-order valence-corrected chi connectivity index (χ1v) is 9.26. The van der Waals surface area contributed by atoms with E-state index in [1.807, 2.05) is 6.26 Å². The molecule has 4 N–H and O–H groups in total. The minimum Gasteiger partial charge on any atom is -0.451 e. The molecule has 1 rings (SSSR count). The Kier molecular flexibility index (Phi) is 8.81. The minimum atomic E-state index is -1.13. The van der Waals surface area contributed by atoms with E-state index in [1.165, 1.54) is 30.9 Å². The summed E-state index contributed by atoms with van der Waals surface area (Å²) in [4.78, 5) is 39.1. The van der Waals surface area contributed by atoms with Crippen LogP contribution in [0, 0.1) is 0 Å². The van der Waals surface area contributed by atoms with Crippen molar-refractivity contribution in [2.45, 2.75) is 25.5 Å². The Morgan fingerprint density at radius 1 is 1.40 bits per heavy atom. The number of nitrogens with two attached hydrogens (primary N) is 1. The van der Waals surface area contributed by atoms with Gasteiger partial charge >= 0.3 is 12.0 Å². The number of thioether (sulfide) groups is 1. The average molecular weight is 409 g/mol. The Balaban J connectivity index is 2.67. The molecule has 1 heterocycles. The molecular weight excluding hydrogens is 391 g/mol. The predicted octanol–water partition coefficient (Wildman–Crippen LogP) is 2.05. The molecule has 3 amide bonds. The van der Waals surface area contributed by atoms with Crippen molar-refractivity contribution in [1.82, 2.24) is 10.3 Å². The predicted molar refractivity (Wildman–Crippen MR) is 97.9 cm³/mol. The van der Waals surface area contributed by atoms with Crippen LogP contribution in [0.15, 0.2) is 12.3 Å². The van der Waals surface area contributed by atoms with Gasteiger partial charge in [0.15, 0.2) is 11.9 Å². The molecule has 0 aliphatic heterocycles. The highest BCUT2D eigenvalue weighted by Gasteiger charge is 2.26. The van der Waals surface area contributed by atoms with Gasteiger partial charge in [0, 0.05) is 6.20 Å². The average Bonchev–Trinajstić information content (AvgIpc) is 2.53. The van der Waals surface area contributed by atoms with Gasteiger partial charge < -0.3 is 21.1 Å². The number of nitrogens with zero attached hydrogens (tertiary/aromatic N) is 1. The second-order valence-corrected chi connectivity index (χ2v) is 6.72. The molecule has 11 heteroatoms. The van der Waals surface area contributed by atoms with E-state index in [-0.39, 0.29) is 10.8 Å². The molecule has 1 aromatic heterocycles. The number of ether oxygens (including phenoxy) is 1. The first-order valence-electron chi connectivity index (χ1n) is 7.12. The van der Waals surface area contributed by atoms with Gasteiger partial charge in [-0.1, -0.05) is 23.2 Å². The van der Waals surface area contributed by atoms with Crippen molar-refractivity contribution in [3.63, 3.8) is 0 Å². The molecular formula is C14H18Cl2N4O4S. The van der Waals surface area contributed by atoms with Crippen molar-refractivity contribution in [1.29, 1.82) is 0 Å². The monoisotopic (exact) mass is 408 g/mol. The number of hydrogen-bond acceptors (Lipinski definition) is 6. The fraction of sp³-hybridized carbons (Fsp3) is 0.429. The number of pyridine rings is 1. The van der Waals surface area contributed by atoms with Crippen molar-refractivity contribution in [3.8, 4) is 0 Å². The number of esters is 1. The lowest BCUT2D eigenvalue weighted by Crippen LogP contribution is -2.46. The maximum Gasteiger partial charge on any atom is 0.329 e. The third-order valence-corrected chi connectivity index (χ3v) is 4.06. The molecule has 0 saturated carbocycles. The zero-order valence-electron chi connectivity index (χ0n) is 13.5. The highest BCUT2D eigenvalue weighted by molar-refractivity contribution is 7.98. The quantitative estimate of drug-likeness (QED) is 0.565. The molecule has 2 atom stereocenters. The number of aromatic nitrogens is 1. The Morgan fingerprint density at radius 2 is 2.08 bits per heavy atom. The molecule has 0 saturated heterocycles. The van der Waals surface area contributed by atoms with Crippen LogP contribution in [-0.4, -0.2) is 47.0 Å². The summed E-state index contributed by atoms with van der Waals surface area (Å²) in [5, 5.41) is 5.19. The van der Waals surface area contributed by atoms with Crippen LogP contribution < -0.4 is 16.4 Å². The van der Waals surface area contributed by atoms with E-state index in [4.69, 9.17) is 33.7 Å². The van der Waals surface area contributed by atoms with Crippen LogP contribution in [0.3, 0.4) is 0 Å². The number of carbonyl (C=O) groups is 3. The number of urea groups is 1. The molecule has 1 aromatic rings. The van der Waals surface area contributed by atoms with Crippen LogP contribution >= 0.6 is 35.0 Å². The van der Waals surface area contributed by atoms with Gasteiger partial charge in [0.05, 0.1) is 10.0 Å². The van der Waals surface area contributed by atoms with Crippen molar-refractivity contribution in [2.75, 3.05) is 17.3 Å². The van der Waals surface area contributed by atoms with Gasteiger partial charge in [-0.15, -0.1) is 0 Å². The fourth-order valence-corrected chi connectivity index (χ4v) is 2.59. The summed E-state index contributed by atoms with van der Waals surface area (Å²) < 4.78 is 5.08. The van der Waals surface area contributed by atoms with Crippen LogP contribution in [0.1, 0.15) is 13.3 Å². The van der Waals surface area contributed by atoms with E-state index < -0.39 is 30.1 Å². The molecule has 0 radical (unpaired) electrons. The summed E-state index contributed by atoms with van der Waals surface area (Å²) in [6.45, 7) is 1.38. The van der Waals surface area contributed by atoms with Crippen LogP contribution in [0.4, 0.5) is 10.6 Å². The summed E-state index contributed by atoms with van der Waals surface area (Å²) in [7, 11) is 0. The van der Waals surface area contributed by atoms with Crippen LogP contribution in [-0.2, 0) is 14.3 Å².